The molecule has 5 N–H and O–H groups in total. The van der Waals surface area contributed by atoms with Gasteiger partial charge >= 0.3 is 0 Å². The van der Waals surface area contributed by atoms with Crippen LogP contribution in [0.2, 0.25) is 0 Å². The Morgan fingerprint density at radius 3 is 2.41 bits per heavy atom. The van der Waals surface area contributed by atoms with Crippen molar-refractivity contribution >= 4 is 40.5 Å². The van der Waals surface area contributed by atoms with Crippen molar-refractivity contribution in [2.24, 2.45) is 0 Å². The summed E-state index contributed by atoms with van der Waals surface area (Å²) in [5.74, 6) is 3.70. The molecule has 34 heavy (non-hydrogen) atoms. The van der Waals surface area contributed by atoms with Crippen molar-refractivity contribution in [3.05, 3.63) is 12.4 Å². The molecule has 2 aliphatic rings. The van der Waals surface area contributed by atoms with E-state index >= 15 is 0 Å². The average molecular weight is 467 g/mol. The molecule has 3 aromatic heterocycles. The second-order valence-corrected chi connectivity index (χ2v) is 8.99. The summed E-state index contributed by atoms with van der Waals surface area (Å²) in [6.45, 7) is 7.51. The predicted molar refractivity (Wildman–Crippen MR) is 135 cm³/mol. The summed E-state index contributed by atoms with van der Waals surface area (Å²) in [6, 6.07) is 2.10. The summed E-state index contributed by atoms with van der Waals surface area (Å²) >= 11 is 0. The van der Waals surface area contributed by atoms with Crippen LogP contribution in [0.25, 0.3) is 11.2 Å². The molecule has 0 radical (unpaired) electrons. The molecular weight excluding hydrogens is 432 g/mol. The minimum absolute atomic E-state index is 0.214. The molecule has 0 saturated carbocycles. The molecule has 0 spiro atoms. The van der Waals surface area contributed by atoms with Crippen LogP contribution in [0.3, 0.4) is 0 Å². The third-order valence-electron chi connectivity index (χ3n) is 6.41. The molecule has 2 saturated heterocycles. The molecule has 0 bridgehead atoms. The van der Waals surface area contributed by atoms with Crippen molar-refractivity contribution in [1.82, 2.24) is 34.8 Å². The molecule has 12 nitrogen and oxygen atoms in total. The third-order valence-corrected chi connectivity index (χ3v) is 6.41. The maximum Gasteiger partial charge on any atom is 0.229 e. The number of anilines is 5. The first-order valence-electron chi connectivity index (χ1n) is 12.2. The van der Waals surface area contributed by atoms with Gasteiger partial charge in [-0.25, -0.2) is 4.98 Å². The van der Waals surface area contributed by atoms with Crippen LogP contribution < -0.4 is 26.2 Å². The highest BCUT2D eigenvalue weighted by atomic mass is 15.3. The molecule has 5 rings (SSSR count). The fourth-order valence-corrected chi connectivity index (χ4v) is 4.51. The summed E-state index contributed by atoms with van der Waals surface area (Å²) in [5.41, 5.74) is 7.12. The fourth-order valence-electron chi connectivity index (χ4n) is 4.51. The number of nitrogen functional groups attached to an aromatic ring is 1. The third kappa shape index (κ3) is 5.22. The van der Waals surface area contributed by atoms with Crippen LogP contribution >= 0.6 is 0 Å². The molecule has 3 aromatic rings. The molecule has 0 atom stereocenters. The van der Waals surface area contributed by atoms with Gasteiger partial charge in [-0.2, -0.15) is 19.9 Å². The molecule has 0 aliphatic carbocycles. The predicted octanol–water partition coefficient (Wildman–Crippen LogP) is 1.38. The van der Waals surface area contributed by atoms with Crippen molar-refractivity contribution < 1.29 is 0 Å². The topological polar surface area (TPSA) is 140 Å². The van der Waals surface area contributed by atoms with Crippen LogP contribution in [0.4, 0.5) is 29.4 Å². The Balaban J connectivity index is 1.13. The number of aromatic nitrogens is 6. The van der Waals surface area contributed by atoms with E-state index in [1.165, 1.54) is 25.7 Å². The van der Waals surface area contributed by atoms with Crippen LogP contribution in [0.5, 0.6) is 0 Å². The van der Waals surface area contributed by atoms with Gasteiger partial charge in [0, 0.05) is 58.4 Å². The zero-order valence-electron chi connectivity index (χ0n) is 19.8. The first-order valence-corrected chi connectivity index (χ1v) is 12.2. The van der Waals surface area contributed by atoms with E-state index in [-0.39, 0.29) is 5.95 Å². The molecule has 12 heteroatoms. The van der Waals surface area contributed by atoms with Gasteiger partial charge < -0.3 is 36.1 Å². The lowest BCUT2D eigenvalue weighted by atomic mass is 10.4. The Bertz CT molecular complexity index is 1050. The van der Waals surface area contributed by atoms with E-state index in [2.05, 4.69) is 58.4 Å². The number of rotatable bonds is 10. The van der Waals surface area contributed by atoms with Crippen molar-refractivity contribution in [1.29, 1.82) is 0 Å². The summed E-state index contributed by atoms with van der Waals surface area (Å²) < 4.78 is 0. The van der Waals surface area contributed by atoms with Crippen LogP contribution in [0.15, 0.2) is 12.4 Å². The van der Waals surface area contributed by atoms with E-state index in [1.54, 1.807) is 6.33 Å². The Morgan fingerprint density at radius 2 is 1.65 bits per heavy atom. The molecule has 2 aliphatic heterocycles. The van der Waals surface area contributed by atoms with E-state index in [0.717, 1.165) is 75.5 Å². The van der Waals surface area contributed by atoms with Gasteiger partial charge in [-0.1, -0.05) is 0 Å². The van der Waals surface area contributed by atoms with Gasteiger partial charge in [0.25, 0.3) is 0 Å². The summed E-state index contributed by atoms with van der Waals surface area (Å²) in [5, 5.41) is 6.86. The molecule has 0 amide bonds. The number of nitrogens with one attached hydrogen (secondary N) is 3. The highest BCUT2D eigenvalue weighted by molar-refractivity contribution is 5.83. The van der Waals surface area contributed by atoms with E-state index in [9.17, 15) is 0 Å². The SMILES string of the molecule is CN(CCNc1cc(N2CCCC2)nc(N2CCCC2)n1)CCNc1nc(N)nc2nc[nH]c12. The van der Waals surface area contributed by atoms with Gasteiger partial charge in [0.1, 0.15) is 17.2 Å². The molecule has 182 valence electrons. The quantitative estimate of drug-likeness (QED) is 0.344. The van der Waals surface area contributed by atoms with Crippen LogP contribution in [-0.4, -0.2) is 94.2 Å². The minimum atomic E-state index is 0.214. The molecule has 0 unspecified atom stereocenters. The zero-order chi connectivity index (χ0) is 23.3. The number of fused-ring (bicyclic) bond motifs is 1. The van der Waals surface area contributed by atoms with E-state index in [1.807, 2.05) is 0 Å². The summed E-state index contributed by atoms with van der Waals surface area (Å²) in [6.07, 6.45) is 6.49. The Kier molecular flexibility index (Phi) is 6.74. The van der Waals surface area contributed by atoms with Gasteiger partial charge in [-0.3, -0.25) is 0 Å². The van der Waals surface area contributed by atoms with Crippen LogP contribution in [0.1, 0.15) is 25.7 Å². The van der Waals surface area contributed by atoms with Crippen molar-refractivity contribution in [3.63, 3.8) is 0 Å². The van der Waals surface area contributed by atoms with Crippen molar-refractivity contribution in [2.75, 3.05) is 85.6 Å². The lowest BCUT2D eigenvalue weighted by Gasteiger charge is -2.22. The maximum atomic E-state index is 5.79. The minimum Gasteiger partial charge on any atom is -0.369 e. The fraction of sp³-hybridized carbons (Fsp3) is 0.591. The number of hydrogen-bond acceptors (Lipinski definition) is 11. The number of nitrogens with two attached hydrogens (primary N) is 1. The molecule has 5 heterocycles. The van der Waals surface area contributed by atoms with E-state index < -0.39 is 0 Å². The van der Waals surface area contributed by atoms with Gasteiger partial charge in [0.15, 0.2) is 11.5 Å². The molecule has 0 aromatic carbocycles. The second-order valence-electron chi connectivity index (χ2n) is 8.99. The normalized spacial score (nSPS) is 16.2. The lowest BCUT2D eigenvalue weighted by molar-refractivity contribution is 0.360. The number of aromatic amines is 1. The van der Waals surface area contributed by atoms with Gasteiger partial charge in [-0.05, 0) is 32.7 Å². The number of likely N-dealkylation sites (N-methyl/N-ethyl adjacent to an activating group) is 1. The maximum absolute atomic E-state index is 5.79. The standard InChI is InChI=1S/C22H34N12/c1-32(13-7-25-19-18-20(27-15-26-18)31-21(23)30-19)12-6-24-16-14-17(33-8-2-3-9-33)29-22(28-16)34-10-4-5-11-34/h14-15H,2-13H2,1H3,(H,24,28,29)(H4,23,25,26,27,30,31). The average Bonchev–Trinajstić information content (AvgIpc) is 3.61. The number of hydrogen-bond donors (Lipinski definition) is 4. The molecular formula is C22H34N12. The van der Waals surface area contributed by atoms with E-state index in [4.69, 9.17) is 15.7 Å². The Hall–Kier alpha value is -3.41. The van der Waals surface area contributed by atoms with Gasteiger partial charge in [0.05, 0.1) is 6.33 Å². The summed E-state index contributed by atoms with van der Waals surface area (Å²) in [4.78, 5) is 32.3. The molecule has 2 fully saturated rings. The largest absolute Gasteiger partial charge is 0.369 e. The van der Waals surface area contributed by atoms with Crippen LogP contribution in [-0.2, 0) is 0 Å². The number of H-pyrrole nitrogens is 1. The monoisotopic (exact) mass is 466 g/mol. The second kappa shape index (κ2) is 10.2. The van der Waals surface area contributed by atoms with E-state index in [0.29, 0.717) is 11.5 Å². The first-order chi connectivity index (χ1) is 16.7. The lowest BCUT2D eigenvalue weighted by Crippen LogP contribution is -2.30. The highest BCUT2D eigenvalue weighted by Crippen LogP contribution is 2.25. The first kappa shape index (κ1) is 22.4. The highest BCUT2D eigenvalue weighted by Gasteiger charge is 2.20. The Labute approximate surface area is 199 Å². The van der Waals surface area contributed by atoms with Crippen LogP contribution in [0, 0.1) is 0 Å². The summed E-state index contributed by atoms with van der Waals surface area (Å²) in [7, 11) is 2.11. The zero-order valence-corrected chi connectivity index (χ0v) is 19.8. The van der Waals surface area contributed by atoms with Crippen molar-refractivity contribution in [3.8, 4) is 0 Å². The van der Waals surface area contributed by atoms with Gasteiger partial charge in [0.2, 0.25) is 11.9 Å². The number of imidazole rings is 1. The Morgan fingerprint density at radius 1 is 0.941 bits per heavy atom. The smallest absolute Gasteiger partial charge is 0.229 e. The number of nitrogens with zero attached hydrogens (tertiary/aromatic N) is 8. The van der Waals surface area contributed by atoms with Gasteiger partial charge in [-0.15, -0.1) is 0 Å². The van der Waals surface area contributed by atoms with Crippen molar-refractivity contribution in [2.45, 2.75) is 25.7 Å².